The molecule has 0 amide bonds. The first-order valence-corrected chi connectivity index (χ1v) is 9.05. The lowest BCUT2D eigenvalue weighted by molar-refractivity contribution is -0.385. The lowest BCUT2D eigenvalue weighted by Gasteiger charge is -2.28. The summed E-state index contributed by atoms with van der Waals surface area (Å²) in [4.78, 5) is 21.7. The zero-order valence-electron chi connectivity index (χ0n) is 15.2. The number of imidazole rings is 1. The summed E-state index contributed by atoms with van der Waals surface area (Å²) in [5, 5.41) is 11.0. The molecule has 0 bridgehead atoms. The van der Waals surface area contributed by atoms with Crippen LogP contribution in [0.5, 0.6) is 0 Å². The molecule has 0 saturated carbocycles. The number of nitrogens with zero attached hydrogens (tertiary/aromatic N) is 5. The van der Waals surface area contributed by atoms with Gasteiger partial charge in [0.2, 0.25) is 0 Å². The minimum Gasteiger partial charge on any atom is -0.350 e. The molecule has 0 atom stereocenters. The third-order valence-corrected chi connectivity index (χ3v) is 5.04. The average molecular weight is 363 g/mol. The smallest absolute Gasteiger partial charge is 0.290 e. The Kier molecular flexibility index (Phi) is 4.58. The van der Waals surface area contributed by atoms with Crippen LogP contribution in [0.4, 0.5) is 11.5 Å². The van der Waals surface area contributed by atoms with Crippen LogP contribution in [0.15, 0.2) is 48.8 Å². The minimum absolute atomic E-state index is 0.0571. The summed E-state index contributed by atoms with van der Waals surface area (Å²) in [5.41, 5.74) is 4.16. The van der Waals surface area contributed by atoms with Crippen molar-refractivity contribution in [3.05, 3.63) is 81.6 Å². The summed E-state index contributed by atoms with van der Waals surface area (Å²) in [7, 11) is 0. The molecule has 27 heavy (non-hydrogen) atoms. The summed E-state index contributed by atoms with van der Waals surface area (Å²) in [6.07, 6.45) is 3.80. The van der Waals surface area contributed by atoms with Crippen LogP contribution in [0.2, 0.25) is 0 Å². The molecular weight excluding hydrogens is 342 g/mol. The molecule has 4 rings (SSSR count). The zero-order valence-corrected chi connectivity index (χ0v) is 15.2. The number of rotatable bonds is 5. The van der Waals surface area contributed by atoms with Crippen molar-refractivity contribution in [3.63, 3.8) is 0 Å². The number of pyridine rings is 1. The van der Waals surface area contributed by atoms with E-state index in [0.29, 0.717) is 12.2 Å². The Morgan fingerprint density at radius 2 is 2.00 bits per heavy atom. The Morgan fingerprint density at radius 1 is 1.19 bits per heavy atom. The number of aromatic nitrogens is 3. The molecule has 7 nitrogen and oxygen atoms in total. The monoisotopic (exact) mass is 363 g/mol. The molecule has 0 saturated heterocycles. The van der Waals surface area contributed by atoms with E-state index in [0.717, 1.165) is 37.4 Å². The van der Waals surface area contributed by atoms with Crippen molar-refractivity contribution in [2.45, 2.75) is 32.9 Å². The molecule has 3 heterocycles. The highest BCUT2D eigenvalue weighted by atomic mass is 16.6. The number of hydrogen-bond donors (Lipinski definition) is 0. The van der Waals surface area contributed by atoms with Crippen LogP contribution in [0.1, 0.15) is 22.6 Å². The van der Waals surface area contributed by atoms with Gasteiger partial charge in [-0.2, -0.15) is 0 Å². The Bertz CT molecular complexity index is 968. The van der Waals surface area contributed by atoms with Crippen LogP contribution in [0.3, 0.4) is 0 Å². The molecule has 0 fully saturated rings. The number of anilines is 1. The molecule has 138 valence electrons. The van der Waals surface area contributed by atoms with Gasteiger partial charge in [-0.15, -0.1) is 0 Å². The highest BCUT2D eigenvalue weighted by molar-refractivity contribution is 5.48. The van der Waals surface area contributed by atoms with Gasteiger partial charge in [0, 0.05) is 31.3 Å². The Balaban J connectivity index is 1.47. The topological polar surface area (TPSA) is 77.1 Å². The van der Waals surface area contributed by atoms with Gasteiger partial charge in [0.1, 0.15) is 11.5 Å². The van der Waals surface area contributed by atoms with E-state index in [1.807, 2.05) is 12.4 Å². The molecule has 1 aliphatic rings. The standard InChI is InChI=1S/C20H21N5O2/c1-15-18(25(26)27)7-8-20(22-15)23-12-10-19-17(13-23)21-14-24(19)11-9-16-5-3-2-4-6-16/h2-8,14H,9-13H2,1H3. The van der Waals surface area contributed by atoms with Gasteiger partial charge in [-0.05, 0) is 25.0 Å². The van der Waals surface area contributed by atoms with E-state index < -0.39 is 4.92 Å². The van der Waals surface area contributed by atoms with Crippen molar-refractivity contribution < 1.29 is 4.92 Å². The number of fused-ring (bicyclic) bond motifs is 1. The summed E-state index contributed by atoms with van der Waals surface area (Å²) in [5.74, 6) is 0.766. The fourth-order valence-electron chi connectivity index (χ4n) is 3.56. The Hall–Kier alpha value is -3.22. The van der Waals surface area contributed by atoms with E-state index in [4.69, 9.17) is 0 Å². The number of nitro groups is 1. The number of aryl methyl sites for hydroxylation is 3. The molecule has 1 aliphatic heterocycles. The van der Waals surface area contributed by atoms with Gasteiger partial charge in [-0.3, -0.25) is 10.1 Å². The van der Waals surface area contributed by atoms with Gasteiger partial charge >= 0.3 is 0 Å². The maximum atomic E-state index is 11.0. The van der Waals surface area contributed by atoms with Crippen molar-refractivity contribution in [2.75, 3.05) is 11.4 Å². The van der Waals surface area contributed by atoms with Gasteiger partial charge in [-0.1, -0.05) is 30.3 Å². The van der Waals surface area contributed by atoms with Crippen LogP contribution < -0.4 is 4.90 Å². The Labute approximate surface area is 157 Å². The van der Waals surface area contributed by atoms with Gasteiger partial charge in [-0.25, -0.2) is 9.97 Å². The maximum Gasteiger partial charge on any atom is 0.290 e. The minimum atomic E-state index is -0.394. The van der Waals surface area contributed by atoms with Crippen molar-refractivity contribution in [2.24, 2.45) is 0 Å². The first-order valence-electron chi connectivity index (χ1n) is 9.05. The summed E-state index contributed by atoms with van der Waals surface area (Å²) in [6.45, 7) is 4.10. The van der Waals surface area contributed by atoms with Crippen LogP contribution in [-0.2, 0) is 25.9 Å². The van der Waals surface area contributed by atoms with Gasteiger partial charge < -0.3 is 9.47 Å². The average Bonchev–Trinajstić information content (AvgIpc) is 3.09. The van der Waals surface area contributed by atoms with Gasteiger partial charge in [0.05, 0.1) is 23.5 Å². The van der Waals surface area contributed by atoms with Crippen molar-refractivity contribution in [3.8, 4) is 0 Å². The maximum absolute atomic E-state index is 11.0. The summed E-state index contributed by atoms with van der Waals surface area (Å²) in [6, 6.07) is 13.7. The second-order valence-corrected chi connectivity index (χ2v) is 6.77. The molecule has 1 aromatic carbocycles. The van der Waals surface area contributed by atoms with Crippen LogP contribution in [0, 0.1) is 17.0 Å². The molecule has 2 aromatic heterocycles. The van der Waals surface area contributed by atoms with Crippen LogP contribution >= 0.6 is 0 Å². The predicted molar refractivity (Wildman–Crippen MR) is 103 cm³/mol. The van der Waals surface area contributed by atoms with E-state index in [9.17, 15) is 10.1 Å². The van der Waals surface area contributed by atoms with E-state index in [2.05, 4.69) is 43.7 Å². The van der Waals surface area contributed by atoms with Crippen molar-refractivity contribution >= 4 is 11.5 Å². The molecule has 0 radical (unpaired) electrons. The lowest BCUT2D eigenvalue weighted by Crippen LogP contribution is -2.32. The van der Waals surface area contributed by atoms with E-state index in [-0.39, 0.29) is 5.69 Å². The molecule has 3 aromatic rings. The second-order valence-electron chi connectivity index (χ2n) is 6.77. The quantitative estimate of drug-likeness (QED) is 0.513. The van der Waals surface area contributed by atoms with E-state index in [1.165, 1.54) is 17.3 Å². The predicted octanol–water partition coefficient (Wildman–Crippen LogP) is 3.30. The van der Waals surface area contributed by atoms with Gasteiger partial charge in [0.15, 0.2) is 0 Å². The largest absolute Gasteiger partial charge is 0.350 e. The first kappa shape index (κ1) is 17.2. The third kappa shape index (κ3) is 3.53. The third-order valence-electron chi connectivity index (χ3n) is 5.04. The highest BCUT2D eigenvalue weighted by Crippen LogP contribution is 2.25. The molecular formula is C20H21N5O2. The molecule has 0 spiro atoms. The van der Waals surface area contributed by atoms with Crippen LogP contribution in [-0.4, -0.2) is 26.0 Å². The summed E-state index contributed by atoms with van der Waals surface area (Å²) < 4.78 is 2.24. The van der Waals surface area contributed by atoms with Crippen molar-refractivity contribution in [1.82, 2.24) is 14.5 Å². The molecule has 0 unspecified atom stereocenters. The molecule has 0 N–H and O–H groups in total. The second kappa shape index (κ2) is 7.19. The molecule has 0 aliphatic carbocycles. The lowest BCUT2D eigenvalue weighted by atomic mass is 10.1. The van der Waals surface area contributed by atoms with Gasteiger partial charge in [0.25, 0.3) is 5.69 Å². The molecule has 7 heteroatoms. The number of benzene rings is 1. The number of hydrogen-bond acceptors (Lipinski definition) is 5. The normalized spacial score (nSPS) is 13.4. The zero-order chi connectivity index (χ0) is 18.8. The van der Waals surface area contributed by atoms with Crippen LogP contribution in [0.25, 0.3) is 0 Å². The fraction of sp³-hybridized carbons (Fsp3) is 0.300. The SMILES string of the molecule is Cc1nc(N2CCc3c(ncn3CCc3ccccc3)C2)ccc1[N+](=O)[O-]. The fourth-order valence-corrected chi connectivity index (χ4v) is 3.56. The van der Waals surface area contributed by atoms with E-state index in [1.54, 1.807) is 13.0 Å². The van der Waals surface area contributed by atoms with Crippen molar-refractivity contribution in [1.29, 1.82) is 0 Å². The highest BCUT2D eigenvalue weighted by Gasteiger charge is 2.23. The Morgan fingerprint density at radius 3 is 2.74 bits per heavy atom. The first-order chi connectivity index (χ1) is 13.1. The van der Waals surface area contributed by atoms with E-state index >= 15 is 0 Å². The summed E-state index contributed by atoms with van der Waals surface area (Å²) >= 11 is 0.